The third-order valence-corrected chi connectivity index (χ3v) is 10.2. The van der Waals surface area contributed by atoms with Crippen LogP contribution in [-0.4, -0.2) is 0 Å². The van der Waals surface area contributed by atoms with Crippen molar-refractivity contribution in [2.75, 3.05) is 0 Å². The molecule has 0 fully saturated rings. The molecular formula is C45H35Cl. The summed E-state index contributed by atoms with van der Waals surface area (Å²) in [5.41, 5.74) is 16.8. The van der Waals surface area contributed by atoms with Crippen LogP contribution in [0.3, 0.4) is 0 Å². The minimum Gasteiger partial charge on any atom is -0.0836 e. The van der Waals surface area contributed by atoms with Gasteiger partial charge >= 0.3 is 0 Å². The first kappa shape index (κ1) is 28.6. The lowest BCUT2D eigenvalue weighted by Crippen LogP contribution is -2.15. The van der Waals surface area contributed by atoms with Crippen molar-refractivity contribution >= 4 is 17.2 Å². The van der Waals surface area contributed by atoms with E-state index in [1.807, 2.05) is 0 Å². The first-order valence-electron chi connectivity index (χ1n) is 16.2. The average molecular weight is 611 g/mol. The van der Waals surface area contributed by atoms with Crippen molar-refractivity contribution in [1.29, 1.82) is 0 Å². The van der Waals surface area contributed by atoms with Gasteiger partial charge in [-0.3, -0.25) is 0 Å². The van der Waals surface area contributed by atoms with Crippen LogP contribution in [0, 0.1) is 0 Å². The van der Waals surface area contributed by atoms with Crippen LogP contribution in [0.1, 0.15) is 43.4 Å². The molecule has 2 aliphatic rings. The number of hydrogen-bond donors (Lipinski definition) is 0. The molecule has 6 aromatic carbocycles. The smallest absolute Gasteiger partial charge is 0.0575 e. The van der Waals surface area contributed by atoms with E-state index in [1.165, 1.54) is 50.1 Å². The maximum atomic E-state index is 7.88. The zero-order valence-electron chi connectivity index (χ0n) is 26.2. The van der Waals surface area contributed by atoms with Gasteiger partial charge in [0.2, 0.25) is 0 Å². The van der Waals surface area contributed by atoms with E-state index in [0.29, 0.717) is 0 Å². The average Bonchev–Trinajstić information content (AvgIpc) is 3.34. The van der Waals surface area contributed by atoms with Gasteiger partial charge in [-0.2, -0.15) is 0 Å². The van der Waals surface area contributed by atoms with E-state index in [9.17, 15) is 0 Å². The van der Waals surface area contributed by atoms with Gasteiger partial charge in [0, 0.05) is 16.5 Å². The van der Waals surface area contributed by atoms with Gasteiger partial charge in [-0.05, 0) is 85.7 Å². The molecule has 0 amide bonds. The first-order valence-corrected chi connectivity index (χ1v) is 16.6. The highest BCUT2D eigenvalue weighted by Gasteiger charge is 2.36. The van der Waals surface area contributed by atoms with Gasteiger partial charge < -0.3 is 0 Å². The fourth-order valence-electron chi connectivity index (χ4n) is 7.60. The zero-order chi connectivity index (χ0) is 31.3. The third-order valence-electron chi connectivity index (χ3n) is 9.78. The molecule has 0 atom stereocenters. The second kappa shape index (κ2) is 11.5. The number of hydrogen-bond acceptors (Lipinski definition) is 0. The molecule has 8 rings (SSSR count). The molecule has 0 unspecified atom stereocenters. The molecule has 0 radical (unpaired) electrons. The summed E-state index contributed by atoms with van der Waals surface area (Å²) in [6.07, 6.45) is 9.03. The largest absolute Gasteiger partial charge is 0.0836 e. The summed E-state index contributed by atoms with van der Waals surface area (Å²) in [6.45, 7) is 4.69. The van der Waals surface area contributed by atoms with Crippen molar-refractivity contribution in [2.24, 2.45) is 0 Å². The number of fused-ring (bicyclic) bond motifs is 3. The van der Waals surface area contributed by atoms with Crippen LogP contribution in [0.15, 0.2) is 152 Å². The van der Waals surface area contributed by atoms with Gasteiger partial charge in [-0.25, -0.2) is 0 Å². The van der Waals surface area contributed by atoms with E-state index < -0.39 is 0 Å². The molecule has 0 heterocycles. The minimum absolute atomic E-state index is 0.122. The van der Waals surface area contributed by atoms with E-state index in [2.05, 4.69) is 166 Å². The highest BCUT2D eigenvalue weighted by molar-refractivity contribution is 6.38. The van der Waals surface area contributed by atoms with Crippen molar-refractivity contribution in [3.05, 3.63) is 173 Å². The van der Waals surface area contributed by atoms with Crippen LogP contribution in [0.4, 0.5) is 0 Å². The summed E-state index contributed by atoms with van der Waals surface area (Å²) in [5, 5.41) is 0.785. The maximum Gasteiger partial charge on any atom is 0.0575 e. The summed E-state index contributed by atoms with van der Waals surface area (Å²) in [6, 6.07) is 48.2. The lowest BCUT2D eigenvalue weighted by Gasteiger charge is -2.28. The van der Waals surface area contributed by atoms with Gasteiger partial charge in [0.05, 0.1) is 5.02 Å². The van der Waals surface area contributed by atoms with Crippen molar-refractivity contribution in [3.63, 3.8) is 0 Å². The van der Waals surface area contributed by atoms with Crippen LogP contribution in [-0.2, 0) is 5.41 Å². The van der Waals surface area contributed by atoms with Crippen molar-refractivity contribution in [3.8, 4) is 55.6 Å². The summed E-state index contributed by atoms with van der Waals surface area (Å²) in [4.78, 5) is 0. The Balaban J connectivity index is 1.54. The molecule has 1 heteroatoms. The van der Waals surface area contributed by atoms with Crippen molar-refractivity contribution in [1.82, 2.24) is 0 Å². The van der Waals surface area contributed by atoms with Crippen LogP contribution < -0.4 is 0 Å². The molecule has 0 nitrogen and oxygen atoms in total. The van der Waals surface area contributed by atoms with Crippen molar-refractivity contribution < 1.29 is 0 Å². The van der Waals surface area contributed by atoms with Gasteiger partial charge in [0.25, 0.3) is 0 Å². The second-order valence-corrected chi connectivity index (χ2v) is 13.2. The summed E-state index contributed by atoms with van der Waals surface area (Å²) in [5.74, 6) is 0. The highest BCUT2D eigenvalue weighted by atomic mass is 35.5. The van der Waals surface area contributed by atoms with Gasteiger partial charge in [-0.1, -0.05) is 171 Å². The second-order valence-electron chi connectivity index (χ2n) is 12.9. The molecule has 0 spiro atoms. The number of benzene rings is 6. The Hall–Kier alpha value is -4.91. The van der Waals surface area contributed by atoms with E-state index in [-0.39, 0.29) is 5.41 Å². The summed E-state index contributed by atoms with van der Waals surface area (Å²) < 4.78 is 0. The quantitative estimate of drug-likeness (QED) is 0.182. The van der Waals surface area contributed by atoms with E-state index in [4.69, 9.17) is 11.6 Å². The maximum absolute atomic E-state index is 7.88. The summed E-state index contributed by atoms with van der Waals surface area (Å²) >= 11 is 7.88. The standard InChI is InChI=1S/C45H35Cl/c1-45(2)37-26-16-15-25-35(37)36-28-27-34(29-38(36)45)43-41(32-21-11-5-12-22-32)39(30-17-7-3-8-18-30)40(31-19-9-4-10-20-31)42(44(43)46)33-23-13-6-14-24-33/h3,5-9,11-29H,4,10H2,1-2H3. The Labute approximate surface area is 277 Å². The Morgan fingerprint density at radius 3 is 1.61 bits per heavy atom. The molecule has 0 bridgehead atoms. The minimum atomic E-state index is -0.122. The molecule has 0 aliphatic heterocycles. The van der Waals surface area contributed by atoms with Crippen LogP contribution in [0.25, 0.3) is 61.2 Å². The molecule has 2 aliphatic carbocycles. The molecular weight excluding hydrogens is 576 g/mol. The Bertz CT molecular complexity index is 2150. The predicted octanol–water partition coefficient (Wildman–Crippen LogP) is 13.0. The van der Waals surface area contributed by atoms with Crippen LogP contribution in [0.2, 0.25) is 5.02 Å². The van der Waals surface area contributed by atoms with E-state index in [0.717, 1.165) is 45.7 Å². The monoisotopic (exact) mass is 610 g/mol. The highest BCUT2D eigenvalue weighted by Crippen LogP contribution is 2.55. The molecule has 0 aromatic heterocycles. The summed E-state index contributed by atoms with van der Waals surface area (Å²) in [7, 11) is 0. The number of rotatable bonds is 5. The molecule has 0 saturated carbocycles. The Morgan fingerprint density at radius 1 is 0.478 bits per heavy atom. The van der Waals surface area contributed by atoms with E-state index >= 15 is 0 Å². The van der Waals surface area contributed by atoms with Gasteiger partial charge in [-0.15, -0.1) is 0 Å². The Morgan fingerprint density at radius 2 is 1.00 bits per heavy atom. The van der Waals surface area contributed by atoms with Gasteiger partial charge in [0.1, 0.15) is 0 Å². The molecule has 6 aromatic rings. The van der Waals surface area contributed by atoms with Gasteiger partial charge in [0.15, 0.2) is 0 Å². The number of halogens is 1. The molecule has 0 saturated heterocycles. The number of allylic oxidation sites excluding steroid dienone is 4. The molecule has 222 valence electrons. The SMILES string of the molecule is CC1(C)c2ccccc2-c2ccc(-c3c(Cl)c(-c4ccccc4)c(C4=CCCC=C4)c(-c4ccccc4)c3-c3ccccc3)cc21. The molecule has 46 heavy (non-hydrogen) atoms. The first-order chi connectivity index (χ1) is 22.5. The van der Waals surface area contributed by atoms with Crippen LogP contribution in [0.5, 0.6) is 0 Å². The molecule has 0 N–H and O–H groups in total. The van der Waals surface area contributed by atoms with Crippen molar-refractivity contribution in [2.45, 2.75) is 32.1 Å². The van der Waals surface area contributed by atoms with E-state index in [1.54, 1.807) is 0 Å². The fourth-order valence-corrected chi connectivity index (χ4v) is 8.01. The van der Waals surface area contributed by atoms with Crippen LogP contribution >= 0.6 is 11.6 Å². The topological polar surface area (TPSA) is 0 Å². The predicted molar refractivity (Wildman–Crippen MR) is 197 cm³/mol. The fraction of sp³-hybridized carbons (Fsp3) is 0.111. The zero-order valence-corrected chi connectivity index (χ0v) is 27.0. The Kier molecular flexibility index (Phi) is 7.12. The lowest BCUT2D eigenvalue weighted by molar-refractivity contribution is 0.660. The third kappa shape index (κ3) is 4.60. The normalized spacial score (nSPS) is 14.5. The lowest BCUT2D eigenvalue weighted by atomic mass is 9.77.